The van der Waals surface area contributed by atoms with Gasteiger partial charge in [0.25, 0.3) is 0 Å². The number of nitrogens with zero attached hydrogens (tertiary/aromatic N) is 1. The molecule has 1 fully saturated rings. The molecule has 0 aliphatic carbocycles. The Hall–Kier alpha value is -1.13. The standard InChI is InChI=1S/C16H24FNO2/c1-20-15-8-6-7-13(17)16(15)14(19)9-12-18-10-4-2-3-5-11-18/h6-8,14,19H,2-5,9-12H2,1H3. The highest BCUT2D eigenvalue weighted by molar-refractivity contribution is 5.36. The van der Waals surface area contributed by atoms with Gasteiger partial charge in [0.05, 0.1) is 18.8 Å². The predicted octanol–water partition coefficient (Wildman–Crippen LogP) is 3.13. The molecule has 0 aromatic heterocycles. The summed E-state index contributed by atoms with van der Waals surface area (Å²) in [5.74, 6) is 0.0288. The molecule has 112 valence electrons. The number of aliphatic hydroxyl groups excluding tert-OH is 1. The molecule has 0 bridgehead atoms. The summed E-state index contributed by atoms with van der Waals surface area (Å²) in [4.78, 5) is 2.36. The minimum atomic E-state index is -0.811. The Balaban J connectivity index is 1.95. The fraction of sp³-hybridized carbons (Fsp3) is 0.625. The molecule has 0 saturated carbocycles. The maximum absolute atomic E-state index is 13.9. The van der Waals surface area contributed by atoms with E-state index in [-0.39, 0.29) is 5.56 Å². The summed E-state index contributed by atoms with van der Waals surface area (Å²) in [5, 5.41) is 10.3. The number of likely N-dealkylation sites (tertiary alicyclic amines) is 1. The molecule has 1 aliphatic heterocycles. The Bertz CT molecular complexity index is 417. The van der Waals surface area contributed by atoms with Gasteiger partial charge in [0.1, 0.15) is 11.6 Å². The van der Waals surface area contributed by atoms with Gasteiger partial charge < -0.3 is 14.7 Å². The lowest BCUT2D eigenvalue weighted by molar-refractivity contribution is 0.136. The number of rotatable bonds is 5. The second kappa shape index (κ2) is 7.60. The molecular weight excluding hydrogens is 257 g/mol. The van der Waals surface area contributed by atoms with E-state index in [1.807, 2.05) is 0 Å². The molecule has 0 radical (unpaired) electrons. The summed E-state index contributed by atoms with van der Waals surface area (Å²) in [7, 11) is 1.50. The molecule has 1 aromatic rings. The summed E-state index contributed by atoms with van der Waals surface area (Å²) in [5.41, 5.74) is 0.282. The zero-order chi connectivity index (χ0) is 14.4. The van der Waals surface area contributed by atoms with Gasteiger partial charge in [-0.15, -0.1) is 0 Å². The van der Waals surface area contributed by atoms with Crippen LogP contribution in [0.1, 0.15) is 43.8 Å². The van der Waals surface area contributed by atoms with Crippen LogP contribution in [0.3, 0.4) is 0 Å². The zero-order valence-electron chi connectivity index (χ0n) is 12.1. The van der Waals surface area contributed by atoms with Crippen LogP contribution < -0.4 is 4.74 Å². The minimum Gasteiger partial charge on any atom is -0.496 e. The van der Waals surface area contributed by atoms with Crippen molar-refractivity contribution in [3.8, 4) is 5.75 Å². The lowest BCUT2D eigenvalue weighted by Gasteiger charge is -2.22. The highest BCUT2D eigenvalue weighted by atomic mass is 19.1. The van der Waals surface area contributed by atoms with E-state index >= 15 is 0 Å². The first-order valence-corrected chi connectivity index (χ1v) is 7.45. The van der Waals surface area contributed by atoms with Crippen LogP contribution in [0.5, 0.6) is 5.75 Å². The molecule has 1 aliphatic rings. The van der Waals surface area contributed by atoms with Gasteiger partial charge in [0.15, 0.2) is 0 Å². The maximum atomic E-state index is 13.9. The van der Waals surface area contributed by atoms with Crippen molar-refractivity contribution in [2.45, 2.75) is 38.2 Å². The zero-order valence-corrected chi connectivity index (χ0v) is 12.1. The average Bonchev–Trinajstić information content (AvgIpc) is 2.73. The summed E-state index contributed by atoms with van der Waals surface area (Å²) in [6.45, 7) is 2.97. The van der Waals surface area contributed by atoms with E-state index in [9.17, 15) is 9.50 Å². The number of halogens is 1. The third-order valence-corrected chi connectivity index (χ3v) is 3.98. The number of benzene rings is 1. The second-order valence-corrected chi connectivity index (χ2v) is 5.42. The molecule has 1 N–H and O–H groups in total. The van der Waals surface area contributed by atoms with Crippen molar-refractivity contribution in [2.75, 3.05) is 26.7 Å². The Morgan fingerprint density at radius 2 is 1.95 bits per heavy atom. The molecule has 0 spiro atoms. The van der Waals surface area contributed by atoms with Crippen LogP contribution >= 0.6 is 0 Å². The molecule has 1 saturated heterocycles. The number of aliphatic hydroxyl groups is 1. The van der Waals surface area contributed by atoms with Crippen LogP contribution in [-0.4, -0.2) is 36.8 Å². The molecule has 1 atom stereocenters. The fourth-order valence-corrected chi connectivity index (χ4v) is 2.83. The molecule has 1 heterocycles. The summed E-state index contributed by atoms with van der Waals surface area (Å²) in [6.07, 6.45) is 4.75. The van der Waals surface area contributed by atoms with Crippen LogP contribution in [0.15, 0.2) is 18.2 Å². The SMILES string of the molecule is COc1cccc(F)c1C(O)CCN1CCCCCC1. The van der Waals surface area contributed by atoms with Crippen molar-refractivity contribution in [1.29, 1.82) is 0 Å². The van der Waals surface area contributed by atoms with E-state index in [0.29, 0.717) is 12.2 Å². The Morgan fingerprint density at radius 1 is 1.25 bits per heavy atom. The predicted molar refractivity (Wildman–Crippen MR) is 77.4 cm³/mol. The Kier molecular flexibility index (Phi) is 5.80. The molecule has 3 nitrogen and oxygen atoms in total. The Morgan fingerprint density at radius 3 is 2.60 bits per heavy atom. The van der Waals surface area contributed by atoms with Crippen LogP contribution in [0, 0.1) is 5.82 Å². The molecule has 1 aromatic carbocycles. The highest BCUT2D eigenvalue weighted by Crippen LogP contribution is 2.30. The number of hydrogen-bond acceptors (Lipinski definition) is 3. The maximum Gasteiger partial charge on any atom is 0.132 e. The average molecular weight is 281 g/mol. The summed E-state index contributed by atoms with van der Waals surface area (Å²) >= 11 is 0. The first kappa shape index (κ1) is 15.3. The number of hydrogen-bond donors (Lipinski definition) is 1. The van der Waals surface area contributed by atoms with Crippen molar-refractivity contribution in [3.63, 3.8) is 0 Å². The molecule has 0 amide bonds. The van der Waals surface area contributed by atoms with Gasteiger partial charge in [-0.3, -0.25) is 0 Å². The van der Waals surface area contributed by atoms with Crippen molar-refractivity contribution in [3.05, 3.63) is 29.6 Å². The third kappa shape index (κ3) is 3.93. The van der Waals surface area contributed by atoms with E-state index in [4.69, 9.17) is 4.74 Å². The van der Waals surface area contributed by atoms with E-state index in [1.165, 1.54) is 38.9 Å². The van der Waals surface area contributed by atoms with Crippen LogP contribution in [0.4, 0.5) is 4.39 Å². The van der Waals surface area contributed by atoms with E-state index in [2.05, 4.69) is 4.90 Å². The van der Waals surface area contributed by atoms with Gasteiger partial charge in [-0.2, -0.15) is 0 Å². The monoisotopic (exact) mass is 281 g/mol. The van der Waals surface area contributed by atoms with Crippen molar-refractivity contribution in [1.82, 2.24) is 4.90 Å². The Labute approximate surface area is 120 Å². The van der Waals surface area contributed by atoms with Crippen molar-refractivity contribution < 1.29 is 14.2 Å². The number of methoxy groups -OCH3 is 1. The topological polar surface area (TPSA) is 32.7 Å². The normalized spacial score (nSPS) is 18.6. The number of ether oxygens (including phenoxy) is 1. The third-order valence-electron chi connectivity index (χ3n) is 3.98. The van der Waals surface area contributed by atoms with E-state index in [0.717, 1.165) is 19.6 Å². The van der Waals surface area contributed by atoms with E-state index in [1.54, 1.807) is 12.1 Å². The van der Waals surface area contributed by atoms with Crippen molar-refractivity contribution >= 4 is 0 Å². The quantitative estimate of drug-likeness (QED) is 0.900. The second-order valence-electron chi connectivity index (χ2n) is 5.42. The lowest BCUT2D eigenvalue weighted by atomic mass is 10.0. The van der Waals surface area contributed by atoms with Crippen LogP contribution in [0.2, 0.25) is 0 Å². The molecule has 4 heteroatoms. The van der Waals surface area contributed by atoms with Gasteiger partial charge in [-0.25, -0.2) is 4.39 Å². The van der Waals surface area contributed by atoms with Crippen LogP contribution in [-0.2, 0) is 0 Å². The van der Waals surface area contributed by atoms with Gasteiger partial charge in [0.2, 0.25) is 0 Å². The minimum absolute atomic E-state index is 0.282. The highest BCUT2D eigenvalue weighted by Gasteiger charge is 2.19. The van der Waals surface area contributed by atoms with Crippen LogP contribution in [0.25, 0.3) is 0 Å². The van der Waals surface area contributed by atoms with Gasteiger partial charge in [0, 0.05) is 6.54 Å². The molecule has 1 unspecified atom stereocenters. The summed E-state index contributed by atoms with van der Waals surface area (Å²) < 4.78 is 19.0. The first-order valence-electron chi connectivity index (χ1n) is 7.45. The fourth-order valence-electron chi connectivity index (χ4n) is 2.83. The van der Waals surface area contributed by atoms with Gasteiger partial charge in [-0.1, -0.05) is 18.9 Å². The van der Waals surface area contributed by atoms with Crippen molar-refractivity contribution in [2.24, 2.45) is 0 Å². The van der Waals surface area contributed by atoms with Gasteiger partial charge >= 0.3 is 0 Å². The molecule has 20 heavy (non-hydrogen) atoms. The van der Waals surface area contributed by atoms with E-state index < -0.39 is 11.9 Å². The van der Waals surface area contributed by atoms with Gasteiger partial charge in [-0.05, 0) is 44.5 Å². The summed E-state index contributed by atoms with van der Waals surface area (Å²) in [6, 6.07) is 4.65. The largest absolute Gasteiger partial charge is 0.496 e. The lowest BCUT2D eigenvalue weighted by Crippen LogP contribution is -2.27. The molecular formula is C16H24FNO2. The molecule has 2 rings (SSSR count). The smallest absolute Gasteiger partial charge is 0.132 e. The first-order chi connectivity index (χ1) is 9.72.